The van der Waals surface area contributed by atoms with Gasteiger partial charge >= 0.3 is 6.03 Å². The van der Waals surface area contributed by atoms with Crippen molar-refractivity contribution in [2.75, 3.05) is 5.32 Å². The maximum Gasteiger partial charge on any atom is 0.312 e. The van der Waals surface area contributed by atoms with Gasteiger partial charge in [0.25, 0.3) is 5.91 Å². The molecule has 0 saturated heterocycles. The van der Waals surface area contributed by atoms with E-state index in [9.17, 15) is 9.59 Å². The van der Waals surface area contributed by atoms with Crippen molar-refractivity contribution in [3.63, 3.8) is 0 Å². The number of para-hydroxylation sites is 1. The minimum atomic E-state index is -0.579. The third kappa shape index (κ3) is 5.36. The predicted octanol–water partition coefficient (Wildman–Crippen LogP) is 4.26. The van der Waals surface area contributed by atoms with Crippen LogP contribution in [0.15, 0.2) is 88.7 Å². The van der Waals surface area contributed by atoms with Gasteiger partial charge in [-0.05, 0) is 42.0 Å². The number of carbonyl (C=O) groups excluding carboxylic acids is 2. The lowest BCUT2D eigenvalue weighted by Gasteiger charge is -2.11. The highest BCUT2D eigenvalue weighted by Crippen LogP contribution is 2.33. The highest BCUT2D eigenvalue weighted by molar-refractivity contribution is 7.99. The minimum Gasteiger partial charge on any atom is -0.352 e. The molecule has 0 aromatic heterocycles. The number of benzene rings is 3. The van der Waals surface area contributed by atoms with Gasteiger partial charge in [-0.25, -0.2) is 4.79 Å². The molecule has 5 nitrogen and oxygen atoms in total. The minimum absolute atomic E-state index is 0.189. The van der Waals surface area contributed by atoms with Gasteiger partial charge < -0.3 is 16.4 Å². The molecule has 0 radical (unpaired) electrons. The van der Waals surface area contributed by atoms with Gasteiger partial charge in [0.2, 0.25) is 0 Å². The van der Waals surface area contributed by atoms with Gasteiger partial charge in [0.15, 0.2) is 0 Å². The number of nitrogens with two attached hydrogens (primary N) is 1. The van der Waals surface area contributed by atoms with Gasteiger partial charge in [0.05, 0.1) is 5.69 Å². The molecule has 4 N–H and O–H groups in total. The number of amides is 3. The Labute approximate surface area is 162 Å². The van der Waals surface area contributed by atoms with E-state index in [1.54, 1.807) is 36.0 Å². The fraction of sp³-hybridized carbons (Fsp3) is 0.0476. The number of rotatable bonds is 6. The summed E-state index contributed by atoms with van der Waals surface area (Å²) in [6.07, 6.45) is 0. The summed E-state index contributed by atoms with van der Waals surface area (Å²) in [5.74, 6) is -0.189. The smallest absolute Gasteiger partial charge is 0.312 e. The zero-order valence-electron chi connectivity index (χ0n) is 14.5. The van der Waals surface area contributed by atoms with E-state index in [0.29, 0.717) is 12.1 Å². The molecule has 0 aliphatic heterocycles. The molecule has 0 bridgehead atoms. The van der Waals surface area contributed by atoms with Crippen molar-refractivity contribution in [1.82, 2.24) is 5.32 Å². The summed E-state index contributed by atoms with van der Waals surface area (Å²) < 4.78 is 0. The molecule has 0 aliphatic carbocycles. The Morgan fingerprint density at radius 2 is 1.52 bits per heavy atom. The normalized spacial score (nSPS) is 10.2. The molecule has 136 valence electrons. The molecule has 27 heavy (non-hydrogen) atoms. The Bertz CT molecular complexity index is 928. The summed E-state index contributed by atoms with van der Waals surface area (Å²) in [7, 11) is 0. The van der Waals surface area contributed by atoms with E-state index >= 15 is 0 Å². The zero-order valence-corrected chi connectivity index (χ0v) is 15.3. The molecule has 0 spiro atoms. The summed E-state index contributed by atoms with van der Waals surface area (Å²) in [5.41, 5.74) is 7.22. The molecule has 0 saturated carbocycles. The quantitative estimate of drug-likeness (QED) is 0.600. The first kappa shape index (κ1) is 18.5. The first-order chi connectivity index (χ1) is 13.1. The van der Waals surface area contributed by atoms with Gasteiger partial charge in [0.1, 0.15) is 0 Å². The lowest BCUT2D eigenvalue weighted by atomic mass is 10.1. The summed E-state index contributed by atoms with van der Waals surface area (Å²) >= 11 is 1.60. The van der Waals surface area contributed by atoms with Gasteiger partial charge in [-0.3, -0.25) is 4.79 Å². The van der Waals surface area contributed by atoms with Gasteiger partial charge in [-0.15, -0.1) is 0 Å². The summed E-state index contributed by atoms with van der Waals surface area (Å²) in [6.45, 7) is 0.327. The molecule has 3 aromatic carbocycles. The van der Waals surface area contributed by atoms with E-state index in [-0.39, 0.29) is 5.91 Å². The fourth-order valence-electron chi connectivity index (χ4n) is 2.43. The molecule has 0 aliphatic rings. The van der Waals surface area contributed by atoms with E-state index in [1.165, 1.54) is 0 Å². The van der Waals surface area contributed by atoms with Crippen LogP contribution in [0, 0.1) is 0 Å². The largest absolute Gasteiger partial charge is 0.352 e. The van der Waals surface area contributed by atoms with Gasteiger partial charge in [-0.2, -0.15) is 0 Å². The molecule has 0 unspecified atom stereocenters. The highest BCUT2D eigenvalue weighted by atomic mass is 32.2. The summed E-state index contributed by atoms with van der Waals surface area (Å²) in [5, 5.41) is 5.48. The Balaban J connectivity index is 1.70. The molecule has 6 heteroatoms. The van der Waals surface area contributed by atoms with E-state index < -0.39 is 6.03 Å². The van der Waals surface area contributed by atoms with Crippen molar-refractivity contribution in [2.24, 2.45) is 5.73 Å². The van der Waals surface area contributed by atoms with E-state index in [4.69, 9.17) is 5.73 Å². The molecular formula is C21H19N3O2S. The topological polar surface area (TPSA) is 84.2 Å². The second-order valence-corrected chi connectivity index (χ2v) is 6.90. The maximum atomic E-state index is 12.6. The number of carbonyl (C=O) groups is 2. The molecule has 0 fully saturated rings. The van der Waals surface area contributed by atoms with Crippen molar-refractivity contribution in [2.45, 2.75) is 16.3 Å². The van der Waals surface area contributed by atoms with Gasteiger partial charge in [0, 0.05) is 21.9 Å². The van der Waals surface area contributed by atoms with E-state index in [0.717, 1.165) is 21.0 Å². The van der Waals surface area contributed by atoms with Crippen LogP contribution >= 0.6 is 11.8 Å². The van der Waals surface area contributed by atoms with Crippen LogP contribution in [-0.4, -0.2) is 11.9 Å². The SMILES string of the molecule is NC(=O)NCc1ccc(C(=O)Nc2ccccc2Sc2ccccc2)cc1. The second kappa shape index (κ2) is 8.91. The third-order valence-corrected chi connectivity index (χ3v) is 4.87. The van der Waals surface area contributed by atoms with Crippen LogP contribution in [0.5, 0.6) is 0 Å². The Morgan fingerprint density at radius 1 is 0.852 bits per heavy atom. The average molecular weight is 377 g/mol. The Kier molecular flexibility index (Phi) is 6.12. The van der Waals surface area contributed by atoms with E-state index in [1.807, 2.05) is 54.6 Å². The van der Waals surface area contributed by atoms with Gasteiger partial charge in [-0.1, -0.05) is 54.2 Å². The number of nitrogens with one attached hydrogen (secondary N) is 2. The number of hydrogen-bond donors (Lipinski definition) is 3. The fourth-order valence-corrected chi connectivity index (χ4v) is 3.35. The van der Waals surface area contributed by atoms with E-state index in [2.05, 4.69) is 10.6 Å². The summed E-state index contributed by atoms with van der Waals surface area (Å²) in [4.78, 5) is 25.4. The number of primary amides is 1. The van der Waals surface area contributed by atoms with Crippen molar-refractivity contribution < 1.29 is 9.59 Å². The lowest BCUT2D eigenvalue weighted by molar-refractivity contribution is 0.102. The van der Waals surface area contributed by atoms with Crippen LogP contribution < -0.4 is 16.4 Å². The molecule has 3 aromatic rings. The Morgan fingerprint density at radius 3 is 2.22 bits per heavy atom. The maximum absolute atomic E-state index is 12.6. The first-order valence-electron chi connectivity index (χ1n) is 8.37. The van der Waals surface area contributed by atoms with Crippen LogP contribution in [0.2, 0.25) is 0 Å². The monoisotopic (exact) mass is 377 g/mol. The molecule has 3 rings (SSSR count). The predicted molar refractivity (Wildman–Crippen MR) is 108 cm³/mol. The molecule has 0 heterocycles. The van der Waals surface area contributed by atoms with Crippen molar-refractivity contribution in [1.29, 1.82) is 0 Å². The van der Waals surface area contributed by atoms with Crippen LogP contribution in [-0.2, 0) is 6.54 Å². The number of hydrogen-bond acceptors (Lipinski definition) is 3. The van der Waals surface area contributed by atoms with Crippen molar-refractivity contribution >= 4 is 29.4 Å². The van der Waals surface area contributed by atoms with Crippen LogP contribution in [0.4, 0.5) is 10.5 Å². The second-order valence-electron chi connectivity index (χ2n) is 5.78. The lowest BCUT2D eigenvalue weighted by Crippen LogP contribution is -2.28. The molecule has 3 amide bonds. The Hall–Kier alpha value is -3.25. The molecular weight excluding hydrogens is 358 g/mol. The first-order valence-corrected chi connectivity index (χ1v) is 9.19. The van der Waals surface area contributed by atoms with Crippen LogP contribution in [0.3, 0.4) is 0 Å². The van der Waals surface area contributed by atoms with Crippen LogP contribution in [0.1, 0.15) is 15.9 Å². The summed E-state index contributed by atoms with van der Waals surface area (Å²) in [6, 6.07) is 24.1. The van der Waals surface area contributed by atoms with Crippen molar-refractivity contribution in [3.8, 4) is 0 Å². The molecule has 0 atom stereocenters. The highest BCUT2D eigenvalue weighted by Gasteiger charge is 2.10. The third-order valence-electron chi connectivity index (χ3n) is 3.79. The standard InChI is InChI=1S/C21H19N3O2S/c22-21(26)23-14-15-10-12-16(13-11-15)20(25)24-18-8-4-5-9-19(18)27-17-6-2-1-3-7-17/h1-13H,14H2,(H,24,25)(H3,22,23,26). The van der Waals surface area contributed by atoms with Crippen molar-refractivity contribution in [3.05, 3.63) is 90.0 Å². The average Bonchev–Trinajstić information content (AvgIpc) is 2.69. The number of anilines is 1. The zero-order chi connectivity index (χ0) is 19.1. The van der Waals surface area contributed by atoms with Crippen LogP contribution in [0.25, 0.3) is 0 Å². The number of urea groups is 1.